The Balaban J connectivity index is 1.39. The quantitative estimate of drug-likeness (QED) is 0.708. The van der Waals surface area contributed by atoms with Gasteiger partial charge in [0.05, 0.1) is 19.8 Å². The van der Waals surface area contributed by atoms with Gasteiger partial charge in [0.25, 0.3) is 0 Å². The van der Waals surface area contributed by atoms with Gasteiger partial charge in [-0.2, -0.15) is 4.31 Å². The molecule has 4 rings (SSSR count). The molecule has 3 aliphatic rings. The van der Waals surface area contributed by atoms with Crippen LogP contribution >= 0.6 is 0 Å². The van der Waals surface area contributed by atoms with Crippen molar-refractivity contribution in [3.8, 4) is 0 Å². The summed E-state index contributed by atoms with van der Waals surface area (Å²) >= 11 is 0. The van der Waals surface area contributed by atoms with Crippen molar-refractivity contribution in [3.05, 3.63) is 18.3 Å². The number of pyridine rings is 1. The number of hydrogen-bond acceptors (Lipinski definition) is 7. The Hall–Kier alpha value is -1.26. The van der Waals surface area contributed by atoms with E-state index >= 15 is 0 Å². The zero-order valence-corrected chi connectivity index (χ0v) is 17.8. The van der Waals surface area contributed by atoms with E-state index in [0.29, 0.717) is 30.9 Å². The summed E-state index contributed by atoms with van der Waals surface area (Å²) in [7, 11) is -3.44. The molecule has 4 heterocycles. The van der Waals surface area contributed by atoms with Crippen LogP contribution in [0.4, 0.5) is 5.82 Å². The largest absolute Gasteiger partial charge is 0.381 e. The van der Waals surface area contributed by atoms with Crippen molar-refractivity contribution >= 4 is 15.8 Å². The molecule has 3 saturated heterocycles. The van der Waals surface area contributed by atoms with E-state index in [1.165, 1.54) is 6.20 Å². The predicted octanol–water partition coefficient (Wildman–Crippen LogP) is 1.41. The van der Waals surface area contributed by atoms with Gasteiger partial charge in [-0.1, -0.05) is 6.42 Å². The number of rotatable bonds is 7. The first kappa shape index (κ1) is 21.0. The highest BCUT2D eigenvalue weighted by molar-refractivity contribution is 7.89. The molecule has 0 aliphatic carbocycles. The maximum Gasteiger partial charge on any atom is 0.244 e. The van der Waals surface area contributed by atoms with Crippen molar-refractivity contribution in [2.75, 3.05) is 64.5 Å². The topological polar surface area (TPSA) is 84.0 Å². The second-order valence-corrected chi connectivity index (χ2v) is 10.0. The van der Waals surface area contributed by atoms with Gasteiger partial charge >= 0.3 is 0 Å². The van der Waals surface area contributed by atoms with Crippen molar-refractivity contribution in [1.82, 2.24) is 14.2 Å². The lowest BCUT2D eigenvalue weighted by Gasteiger charge is -2.37. The molecule has 3 fully saturated rings. The second kappa shape index (κ2) is 9.70. The number of piperidine rings is 1. The molecule has 8 nitrogen and oxygen atoms in total. The summed E-state index contributed by atoms with van der Waals surface area (Å²) < 4.78 is 38.3. The second-order valence-electron chi connectivity index (χ2n) is 8.06. The van der Waals surface area contributed by atoms with Gasteiger partial charge in [0, 0.05) is 57.5 Å². The molecule has 0 amide bonds. The number of morpholine rings is 1. The molecule has 0 spiro atoms. The maximum absolute atomic E-state index is 12.8. The van der Waals surface area contributed by atoms with Crippen LogP contribution in [0.1, 0.15) is 25.7 Å². The third kappa shape index (κ3) is 5.08. The van der Waals surface area contributed by atoms with Gasteiger partial charge < -0.3 is 14.8 Å². The molecule has 2 unspecified atom stereocenters. The van der Waals surface area contributed by atoms with E-state index in [1.54, 1.807) is 16.4 Å². The first-order valence-corrected chi connectivity index (χ1v) is 12.2. The van der Waals surface area contributed by atoms with Crippen LogP contribution in [-0.4, -0.2) is 87.8 Å². The molecule has 3 aliphatic heterocycles. The lowest BCUT2D eigenvalue weighted by Crippen LogP contribution is -2.50. The Bertz CT molecular complexity index is 740. The van der Waals surface area contributed by atoms with E-state index in [9.17, 15) is 8.42 Å². The fourth-order valence-electron chi connectivity index (χ4n) is 4.46. The van der Waals surface area contributed by atoms with Crippen LogP contribution in [0.3, 0.4) is 0 Å². The van der Waals surface area contributed by atoms with E-state index in [0.717, 1.165) is 71.7 Å². The van der Waals surface area contributed by atoms with Crippen LogP contribution in [0, 0.1) is 5.92 Å². The SMILES string of the molecule is O=S(=O)(c1ccc(NCC(C2CCOC2)N2CCOCC2)nc1)N1CCCCC1. The van der Waals surface area contributed by atoms with Gasteiger partial charge in [-0.15, -0.1) is 0 Å². The lowest BCUT2D eigenvalue weighted by molar-refractivity contribution is 0.00460. The lowest BCUT2D eigenvalue weighted by atomic mass is 9.97. The molecule has 9 heteroatoms. The van der Waals surface area contributed by atoms with E-state index in [2.05, 4.69) is 15.2 Å². The third-order valence-corrected chi connectivity index (χ3v) is 8.09. The number of nitrogens with zero attached hydrogens (tertiary/aromatic N) is 3. The van der Waals surface area contributed by atoms with Gasteiger partial charge in [-0.25, -0.2) is 13.4 Å². The number of aromatic nitrogens is 1. The summed E-state index contributed by atoms with van der Waals surface area (Å²) in [5.41, 5.74) is 0. The van der Waals surface area contributed by atoms with Crippen LogP contribution in [0.5, 0.6) is 0 Å². The van der Waals surface area contributed by atoms with Crippen LogP contribution in [0.15, 0.2) is 23.2 Å². The molecular formula is C20H32N4O4S. The highest BCUT2D eigenvalue weighted by Crippen LogP contribution is 2.24. The van der Waals surface area contributed by atoms with E-state index in [1.807, 2.05) is 0 Å². The normalized spacial score (nSPS) is 25.7. The van der Waals surface area contributed by atoms with Gasteiger partial charge in [-0.3, -0.25) is 4.90 Å². The first-order chi connectivity index (χ1) is 14.1. The van der Waals surface area contributed by atoms with E-state index in [-0.39, 0.29) is 4.90 Å². The fraction of sp³-hybridized carbons (Fsp3) is 0.750. The van der Waals surface area contributed by atoms with Gasteiger partial charge in [0.15, 0.2) is 0 Å². The summed E-state index contributed by atoms with van der Waals surface area (Å²) in [5.74, 6) is 1.21. The summed E-state index contributed by atoms with van der Waals surface area (Å²) in [6.45, 7) is 7.00. The van der Waals surface area contributed by atoms with E-state index < -0.39 is 10.0 Å². The maximum atomic E-state index is 12.8. The average Bonchev–Trinajstić information content (AvgIpc) is 3.30. The van der Waals surface area contributed by atoms with Crippen molar-refractivity contribution in [2.45, 2.75) is 36.6 Å². The van der Waals surface area contributed by atoms with Crippen LogP contribution in [0.25, 0.3) is 0 Å². The predicted molar refractivity (Wildman–Crippen MR) is 110 cm³/mol. The molecule has 29 heavy (non-hydrogen) atoms. The molecule has 2 atom stereocenters. The van der Waals surface area contributed by atoms with Crippen LogP contribution in [-0.2, 0) is 19.5 Å². The van der Waals surface area contributed by atoms with Gasteiger partial charge in [-0.05, 0) is 31.4 Å². The molecule has 0 bridgehead atoms. The minimum atomic E-state index is -3.44. The van der Waals surface area contributed by atoms with Crippen molar-refractivity contribution < 1.29 is 17.9 Å². The molecular weight excluding hydrogens is 392 g/mol. The number of hydrogen-bond donors (Lipinski definition) is 1. The zero-order chi connectivity index (χ0) is 20.1. The zero-order valence-electron chi connectivity index (χ0n) is 17.0. The molecule has 1 aromatic rings. The first-order valence-electron chi connectivity index (χ1n) is 10.7. The Labute approximate surface area is 173 Å². The minimum absolute atomic E-state index is 0.277. The average molecular weight is 425 g/mol. The number of sulfonamides is 1. The van der Waals surface area contributed by atoms with Crippen molar-refractivity contribution in [3.63, 3.8) is 0 Å². The van der Waals surface area contributed by atoms with Crippen molar-refractivity contribution in [2.24, 2.45) is 5.92 Å². The Kier molecular flexibility index (Phi) is 7.02. The molecule has 0 aromatic carbocycles. The number of anilines is 1. The monoisotopic (exact) mass is 424 g/mol. The van der Waals surface area contributed by atoms with Gasteiger partial charge in [0.1, 0.15) is 10.7 Å². The van der Waals surface area contributed by atoms with Crippen LogP contribution < -0.4 is 5.32 Å². The van der Waals surface area contributed by atoms with Crippen LogP contribution in [0.2, 0.25) is 0 Å². The van der Waals surface area contributed by atoms with Crippen molar-refractivity contribution in [1.29, 1.82) is 0 Å². The molecule has 0 radical (unpaired) electrons. The summed E-state index contributed by atoms with van der Waals surface area (Å²) in [6.07, 6.45) is 5.52. The van der Waals surface area contributed by atoms with Gasteiger partial charge in [0.2, 0.25) is 10.0 Å². The molecule has 1 aromatic heterocycles. The number of nitrogens with one attached hydrogen (secondary N) is 1. The fourth-order valence-corrected chi connectivity index (χ4v) is 5.92. The highest BCUT2D eigenvalue weighted by Gasteiger charge is 2.31. The summed E-state index contributed by atoms with van der Waals surface area (Å²) in [5, 5.41) is 3.42. The number of ether oxygens (including phenoxy) is 2. The Morgan fingerprint density at radius 2 is 1.86 bits per heavy atom. The van der Waals surface area contributed by atoms with E-state index in [4.69, 9.17) is 9.47 Å². The Morgan fingerprint density at radius 3 is 2.52 bits per heavy atom. The Morgan fingerprint density at radius 1 is 1.07 bits per heavy atom. The smallest absolute Gasteiger partial charge is 0.244 e. The standard InChI is InChI=1S/C20H32N4O4S/c25-29(26,24-7-2-1-3-8-24)18-4-5-20(21-14-18)22-15-19(17-6-11-28-16-17)23-9-12-27-13-10-23/h4-5,14,17,19H,1-3,6-13,15-16H2,(H,21,22). The summed E-state index contributed by atoms with van der Waals surface area (Å²) in [4.78, 5) is 7.15. The minimum Gasteiger partial charge on any atom is -0.381 e. The summed E-state index contributed by atoms with van der Waals surface area (Å²) in [6, 6.07) is 3.81. The molecule has 0 saturated carbocycles. The molecule has 162 valence electrons. The molecule has 1 N–H and O–H groups in total. The third-order valence-electron chi connectivity index (χ3n) is 6.21. The highest BCUT2D eigenvalue weighted by atomic mass is 32.2.